The number of hydrogen-bond acceptors (Lipinski definition) is 4. The van der Waals surface area contributed by atoms with Gasteiger partial charge in [-0.05, 0) is 63.4 Å². The minimum atomic E-state index is 0.185. The number of rotatable bonds is 6. The quantitative estimate of drug-likeness (QED) is 0.869. The molecule has 2 saturated heterocycles. The second-order valence-corrected chi connectivity index (χ2v) is 6.61. The minimum absolute atomic E-state index is 0.185. The average molecular weight is 305 g/mol. The van der Waals surface area contributed by atoms with E-state index in [0.29, 0.717) is 12.5 Å². The zero-order chi connectivity index (χ0) is 15.2. The molecule has 5 heteroatoms. The molecule has 1 aromatic heterocycles. The molecule has 1 atom stereocenters. The predicted octanol–water partition coefficient (Wildman–Crippen LogP) is 1.70. The molecule has 0 bridgehead atoms. The molecule has 122 valence electrons. The molecule has 22 heavy (non-hydrogen) atoms. The van der Waals surface area contributed by atoms with Gasteiger partial charge in [0.25, 0.3) is 0 Å². The fourth-order valence-corrected chi connectivity index (χ4v) is 3.54. The lowest BCUT2D eigenvalue weighted by Gasteiger charge is -2.32. The normalized spacial score (nSPS) is 23.7. The first-order chi connectivity index (χ1) is 10.8. The number of hydrogen-bond donors (Lipinski definition) is 1. The Kier molecular flexibility index (Phi) is 5.51. The summed E-state index contributed by atoms with van der Waals surface area (Å²) in [5, 5.41) is 3.13. The topological polar surface area (TPSA) is 48.7 Å². The lowest BCUT2D eigenvalue weighted by molar-refractivity contribution is -0.122. The van der Waals surface area contributed by atoms with Gasteiger partial charge in [0, 0.05) is 13.1 Å². The molecule has 1 unspecified atom stereocenters. The maximum Gasteiger partial charge on any atom is 0.234 e. The standard InChI is InChI=1S/C17H27N3O2/c21-17(14-19-7-1-2-8-19)18-11-15-5-3-9-20(12-15)13-16-6-4-10-22-16/h4,6,10,15H,1-3,5,7-9,11-14H2,(H,18,21). The van der Waals surface area contributed by atoms with Crippen LogP contribution in [0.5, 0.6) is 0 Å². The highest BCUT2D eigenvalue weighted by Crippen LogP contribution is 2.18. The molecule has 1 amide bonds. The highest BCUT2D eigenvalue weighted by atomic mass is 16.3. The van der Waals surface area contributed by atoms with E-state index in [1.54, 1.807) is 6.26 Å². The molecule has 0 radical (unpaired) electrons. The van der Waals surface area contributed by atoms with Crippen LogP contribution in [0.4, 0.5) is 0 Å². The molecule has 3 heterocycles. The minimum Gasteiger partial charge on any atom is -0.468 e. The van der Waals surface area contributed by atoms with Gasteiger partial charge < -0.3 is 9.73 Å². The van der Waals surface area contributed by atoms with E-state index < -0.39 is 0 Å². The van der Waals surface area contributed by atoms with Crippen molar-refractivity contribution in [1.82, 2.24) is 15.1 Å². The van der Waals surface area contributed by atoms with Gasteiger partial charge in [-0.1, -0.05) is 0 Å². The molecular weight excluding hydrogens is 278 g/mol. The fourth-order valence-electron chi connectivity index (χ4n) is 3.54. The van der Waals surface area contributed by atoms with Crippen molar-refractivity contribution in [3.63, 3.8) is 0 Å². The van der Waals surface area contributed by atoms with Crippen LogP contribution in [-0.2, 0) is 11.3 Å². The Labute approximate surface area is 132 Å². The Balaban J connectivity index is 1.37. The average Bonchev–Trinajstić information content (AvgIpc) is 3.19. The molecule has 0 saturated carbocycles. The summed E-state index contributed by atoms with van der Waals surface area (Å²) >= 11 is 0. The summed E-state index contributed by atoms with van der Waals surface area (Å²) in [7, 11) is 0. The zero-order valence-electron chi connectivity index (χ0n) is 13.3. The maximum atomic E-state index is 12.0. The Morgan fingerprint density at radius 3 is 2.82 bits per heavy atom. The molecular formula is C17H27N3O2. The van der Waals surface area contributed by atoms with Crippen molar-refractivity contribution in [3.05, 3.63) is 24.2 Å². The van der Waals surface area contributed by atoms with Crippen LogP contribution in [0.3, 0.4) is 0 Å². The monoisotopic (exact) mass is 305 g/mol. The van der Waals surface area contributed by atoms with Gasteiger partial charge >= 0.3 is 0 Å². The number of piperidine rings is 1. The first-order valence-corrected chi connectivity index (χ1v) is 8.53. The van der Waals surface area contributed by atoms with Gasteiger partial charge in [0.2, 0.25) is 5.91 Å². The van der Waals surface area contributed by atoms with Gasteiger partial charge in [0.1, 0.15) is 5.76 Å². The third kappa shape index (κ3) is 4.58. The number of likely N-dealkylation sites (tertiary alicyclic amines) is 2. The second kappa shape index (κ2) is 7.79. The van der Waals surface area contributed by atoms with E-state index in [9.17, 15) is 4.79 Å². The number of furan rings is 1. The van der Waals surface area contributed by atoms with E-state index in [-0.39, 0.29) is 5.91 Å². The maximum absolute atomic E-state index is 12.0. The van der Waals surface area contributed by atoms with Crippen LogP contribution >= 0.6 is 0 Å². The third-order valence-electron chi connectivity index (χ3n) is 4.72. The Morgan fingerprint density at radius 1 is 1.23 bits per heavy atom. The molecule has 2 aliphatic rings. The lowest BCUT2D eigenvalue weighted by Crippen LogP contribution is -2.42. The molecule has 0 aromatic carbocycles. The SMILES string of the molecule is O=C(CN1CCCC1)NCC1CCCN(Cc2ccco2)C1. The van der Waals surface area contributed by atoms with E-state index in [4.69, 9.17) is 4.42 Å². The molecule has 1 aromatic rings. The predicted molar refractivity (Wildman–Crippen MR) is 85.4 cm³/mol. The van der Waals surface area contributed by atoms with Gasteiger partial charge in [-0.3, -0.25) is 14.6 Å². The molecule has 5 nitrogen and oxygen atoms in total. The third-order valence-corrected chi connectivity index (χ3v) is 4.72. The first kappa shape index (κ1) is 15.6. The highest BCUT2D eigenvalue weighted by Gasteiger charge is 2.22. The van der Waals surface area contributed by atoms with Crippen LogP contribution in [0.1, 0.15) is 31.4 Å². The van der Waals surface area contributed by atoms with Gasteiger partial charge in [0.15, 0.2) is 0 Å². The number of amides is 1. The second-order valence-electron chi connectivity index (χ2n) is 6.61. The first-order valence-electron chi connectivity index (χ1n) is 8.53. The van der Waals surface area contributed by atoms with E-state index in [0.717, 1.165) is 45.0 Å². The van der Waals surface area contributed by atoms with Crippen molar-refractivity contribution in [1.29, 1.82) is 0 Å². The van der Waals surface area contributed by atoms with Crippen molar-refractivity contribution >= 4 is 5.91 Å². The zero-order valence-corrected chi connectivity index (χ0v) is 13.3. The van der Waals surface area contributed by atoms with Crippen LogP contribution in [0.25, 0.3) is 0 Å². The summed E-state index contributed by atoms with van der Waals surface area (Å²) in [6, 6.07) is 3.97. The van der Waals surface area contributed by atoms with Crippen molar-refractivity contribution in [2.45, 2.75) is 32.2 Å². The summed E-state index contributed by atoms with van der Waals surface area (Å²) < 4.78 is 5.43. The largest absolute Gasteiger partial charge is 0.468 e. The number of nitrogens with zero attached hydrogens (tertiary/aromatic N) is 2. The van der Waals surface area contributed by atoms with Gasteiger partial charge in [-0.2, -0.15) is 0 Å². The Hall–Kier alpha value is -1.33. The van der Waals surface area contributed by atoms with E-state index in [1.807, 2.05) is 12.1 Å². The summed E-state index contributed by atoms with van der Waals surface area (Å²) in [5.41, 5.74) is 0. The van der Waals surface area contributed by atoms with Gasteiger partial charge in [0.05, 0.1) is 19.4 Å². The Morgan fingerprint density at radius 2 is 2.05 bits per heavy atom. The van der Waals surface area contributed by atoms with Crippen molar-refractivity contribution in [2.75, 3.05) is 39.3 Å². The molecule has 2 fully saturated rings. The fraction of sp³-hybridized carbons (Fsp3) is 0.706. The van der Waals surface area contributed by atoms with Gasteiger partial charge in [-0.15, -0.1) is 0 Å². The lowest BCUT2D eigenvalue weighted by atomic mass is 9.98. The van der Waals surface area contributed by atoms with E-state index >= 15 is 0 Å². The van der Waals surface area contributed by atoms with Crippen molar-refractivity contribution in [3.8, 4) is 0 Å². The molecule has 1 N–H and O–H groups in total. The van der Waals surface area contributed by atoms with Crippen LogP contribution in [0.15, 0.2) is 22.8 Å². The summed E-state index contributed by atoms with van der Waals surface area (Å²) in [5.74, 6) is 1.77. The van der Waals surface area contributed by atoms with E-state index in [1.165, 1.54) is 25.7 Å². The number of carbonyl (C=O) groups is 1. The van der Waals surface area contributed by atoms with Gasteiger partial charge in [-0.25, -0.2) is 0 Å². The molecule has 0 aliphatic carbocycles. The van der Waals surface area contributed by atoms with Crippen LogP contribution in [0.2, 0.25) is 0 Å². The number of carbonyl (C=O) groups excluding carboxylic acids is 1. The van der Waals surface area contributed by atoms with Crippen molar-refractivity contribution in [2.24, 2.45) is 5.92 Å². The van der Waals surface area contributed by atoms with Crippen LogP contribution in [0, 0.1) is 5.92 Å². The van der Waals surface area contributed by atoms with Crippen LogP contribution in [-0.4, -0.2) is 55.0 Å². The summed E-state index contributed by atoms with van der Waals surface area (Å²) in [4.78, 5) is 16.7. The summed E-state index contributed by atoms with van der Waals surface area (Å²) in [6.07, 6.45) is 6.61. The molecule has 3 rings (SSSR count). The Bertz CT molecular complexity index is 454. The van der Waals surface area contributed by atoms with Crippen molar-refractivity contribution < 1.29 is 9.21 Å². The smallest absolute Gasteiger partial charge is 0.234 e. The molecule has 0 spiro atoms. The highest BCUT2D eigenvalue weighted by molar-refractivity contribution is 5.78. The van der Waals surface area contributed by atoms with E-state index in [2.05, 4.69) is 15.1 Å². The molecule has 2 aliphatic heterocycles. The summed E-state index contributed by atoms with van der Waals surface area (Å²) in [6.45, 7) is 6.58. The van der Waals surface area contributed by atoms with Crippen LogP contribution < -0.4 is 5.32 Å². The number of nitrogens with one attached hydrogen (secondary N) is 1.